The zero-order valence-corrected chi connectivity index (χ0v) is 12.0. The molecular formula is C17H12N4O2. The molecule has 6 nitrogen and oxygen atoms in total. The minimum absolute atomic E-state index is 0.131. The molecule has 2 N–H and O–H groups in total. The molecule has 2 heterocycles. The molecule has 0 amide bonds. The van der Waals surface area contributed by atoms with Gasteiger partial charge in [0.15, 0.2) is 11.3 Å². The number of phenols is 1. The van der Waals surface area contributed by atoms with E-state index in [0.29, 0.717) is 28.6 Å². The van der Waals surface area contributed by atoms with Crippen LogP contribution in [-0.4, -0.2) is 20.1 Å². The van der Waals surface area contributed by atoms with Crippen LogP contribution in [0, 0.1) is 0 Å². The van der Waals surface area contributed by atoms with Gasteiger partial charge in [-0.25, -0.2) is 9.97 Å². The van der Waals surface area contributed by atoms with Gasteiger partial charge in [0, 0.05) is 5.56 Å². The summed E-state index contributed by atoms with van der Waals surface area (Å²) in [4.78, 5) is 12.8. The number of hydrogen-bond donors (Lipinski definition) is 2. The third kappa shape index (κ3) is 2.46. The molecule has 0 saturated heterocycles. The molecule has 0 aliphatic heterocycles. The predicted octanol–water partition coefficient (Wildman–Crippen LogP) is 3.73. The number of rotatable bonds is 3. The lowest BCUT2D eigenvalue weighted by atomic mass is 10.2. The predicted molar refractivity (Wildman–Crippen MR) is 86.4 cm³/mol. The van der Waals surface area contributed by atoms with Crippen LogP contribution in [0.15, 0.2) is 65.3 Å². The molecule has 0 fully saturated rings. The standard InChI is InChI=1S/C17H12N4O2/c22-13-9-5-4-8-12(13)20-15-14-17(19-10-18-15)23-16(21-14)11-6-2-1-3-7-11/h1-10,22H,(H,18,19,20). The quantitative estimate of drug-likeness (QED) is 0.561. The fraction of sp³-hybridized carbons (Fsp3) is 0. The van der Waals surface area contributed by atoms with Crippen LogP contribution in [0.5, 0.6) is 5.75 Å². The second kappa shape index (κ2) is 5.42. The van der Waals surface area contributed by atoms with Crippen molar-refractivity contribution < 1.29 is 9.52 Å². The molecule has 23 heavy (non-hydrogen) atoms. The fourth-order valence-corrected chi connectivity index (χ4v) is 2.26. The first-order valence-corrected chi connectivity index (χ1v) is 7.03. The third-order valence-corrected chi connectivity index (χ3v) is 3.37. The lowest BCUT2D eigenvalue weighted by molar-refractivity contribution is 0.477. The van der Waals surface area contributed by atoms with E-state index in [0.717, 1.165) is 5.56 Å². The largest absolute Gasteiger partial charge is 0.506 e. The molecular weight excluding hydrogens is 292 g/mol. The average Bonchev–Trinajstić information content (AvgIpc) is 3.03. The first-order chi connectivity index (χ1) is 11.3. The lowest BCUT2D eigenvalue weighted by Gasteiger charge is -2.06. The molecule has 0 saturated carbocycles. The van der Waals surface area contributed by atoms with Crippen LogP contribution >= 0.6 is 0 Å². The molecule has 0 radical (unpaired) electrons. The SMILES string of the molecule is Oc1ccccc1Nc1ncnc2oc(-c3ccccc3)nc12. The van der Waals surface area contributed by atoms with Crippen LogP contribution in [0.25, 0.3) is 22.7 Å². The Kier molecular flexibility index (Phi) is 3.12. The van der Waals surface area contributed by atoms with Gasteiger partial charge < -0.3 is 14.8 Å². The third-order valence-electron chi connectivity index (χ3n) is 3.37. The van der Waals surface area contributed by atoms with Gasteiger partial charge in [-0.1, -0.05) is 30.3 Å². The van der Waals surface area contributed by atoms with Crippen LogP contribution in [0.3, 0.4) is 0 Å². The van der Waals surface area contributed by atoms with Gasteiger partial charge in [-0.05, 0) is 24.3 Å². The summed E-state index contributed by atoms with van der Waals surface area (Å²) in [5.74, 6) is 1.08. The summed E-state index contributed by atoms with van der Waals surface area (Å²) in [6, 6.07) is 16.5. The first kappa shape index (κ1) is 13.3. The maximum Gasteiger partial charge on any atom is 0.252 e. The van der Waals surface area contributed by atoms with Crippen molar-refractivity contribution in [3.63, 3.8) is 0 Å². The number of nitrogens with zero attached hydrogens (tertiary/aromatic N) is 3. The van der Waals surface area contributed by atoms with Crippen LogP contribution in [0.2, 0.25) is 0 Å². The molecule has 0 spiro atoms. The number of anilines is 2. The highest BCUT2D eigenvalue weighted by molar-refractivity contribution is 5.86. The van der Waals surface area contributed by atoms with Crippen LogP contribution in [-0.2, 0) is 0 Å². The van der Waals surface area contributed by atoms with Gasteiger partial charge in [0.1, 0.15) is 12.1 Å². The maximum absolute atomic E-state index is 9.88. The zero-order chi connectivity index (χ0) is 15.6. The van der Waals surface area contributed by atoms with E-state index in [1.165, 1.54) is 6.33 Å². The van der Waals surface area contributed by atoms with Crippen LogP contribution in [0.1, 0.15) is 0 Å². The van der Waals surface area contributed by atoms with E-state index in [1.54, 1.807) is 18.2 Å². The topological polar surface area (TPSA) is 84.1 Å². The second-order valence-corrected chi connectivity index (χ2v) is 4.90. The highest BCUT2D eigenvalue weighted by atomic mass is 16.4. The van der Waals surface area contributed by atoms with E-state index in [-0.39, 0.29) is 5.75 Å². The molecule has 2 aromatic carbocycles. The zero-order valence-electron chi connectivity index (χ0n) is 12.0. The number of aromatic nitrogens is 3. The second-order valence-electron chi connectivity index (χ2n) is 4.90. The van der Waals surface area contributed by atoms with Crippen molar-refractivity contribution in [1.29, 1.82) is 0 Å². The minimum Gasteiger partial charge on any atom is -0.506 e. The van der Waals surface area contributed by atoms with E-state index in [2.05, 4.69) is 20.3 Å². The molecule has 0 aliphatic rings. The van der Waals surface area contributed by atoms with Crippen molar-refractivity contribution in [2.24, 2.45) is 0 Å². The van der Waals surface area contributed by atoms with Gasteiger partial charge >= 0.3 is 0 Å². The highest BCUT2D eigenvalue weighted by Crippen LogP contribution is 2.30. The molecule has 0 atom stereocenters. The Bertz CT molecular complexity index is 967. The van der Waals surface area contributed by atoms with E-state index >= 15 is 0 Å². The Labute approximate surface area is 131 Å². The van der Waals surface area contributed by atoms with Crippen molar-refractivity contribution >= 4 is 22.7 Å². The van der Waals surface area contributed by atoms with Crippen LogP contribution in [0.4, 0.5) is 11.5 Å². The van der Waals surface area contributed by atoms with Crippen molar-refractivity contribution in [3.05, 3.63) is 60.9 Å². The van der Waals surface area contributed by atoms with Crippen molar-refractivity contribution in [2.75, 3.05) is 5.32 Å². The summed E-state index contributed by atoms with van der Waals surface area (Å²) in [5.41, 5.74) is 2.29. The monoisotopic (exact) mass is 304 g/mol. The maximum atomic E-state index is 9.88. The summed E-state index contributed by atoms with van der Waals surface area (Å²) < 4.78 is 5.70. The Morgan fingerprint density at radius 1 is 0.913 bits per heavy atom. The number of aromatic hydroxyl groups is 1. The number of nitrogens with one attached hydrogen (secondary N) is 1. The van der Waals surface area contributed by atoms with Gasteiger partial charge in [0.25, 0.3) is 5.71 Å². The number of phenolic OH excluding ortho intramolecular Hbond substituents is 1. The Morgan fingerprint density at radius 2 is 1.70 bits per heavy atom. The molecule has 6 heteroatoms. The van der Waals surface area contributed by atoms with Gasteiger partial charge in [0.05, 0.1) is 5.69 Å². The lowest BCUT2D eigenvalue weighted by Crippen LogP contribution is -1.95. The van der Waals surface area contributed by atoms with Crippen molar-refractivity contribution in [2.45, 2.75) is 0 Å². The Balaban J connectivity index is 1.79. The van der Waals surface area contributed by atoms with Gasteiger partial charge in [-0.3, -0.25) is 0 Å². The summed E-state index contributed by atoms with van der Waals surface area (Å²) in [6.45, 7) is 0. The van der Waals surface area contributed by atoms with Gasteiger partial charge in [-0.15, -0.1) is 0 Å². The summed E-state index contributed by atoms with van der Waals surface area (Å²) in [6.07, 6.45) is 1.39. The van der Waals surface area contributed by atoms with Crippen LogP contribution < -0.4 is 5.32 Å². The van der Waals surface area contributed by atoms with Gasteiger partial charge in [-0.2, -0.15) is 4.98 Å². The molecule has 4 rings (SSSR count). The molecule has 0 aliphatic carbocycles. The number of oxazole rings is 1. The van der Waals surface area contributed by atoms with E-state index < -0.39 is 0 Å². The summed E-state index contributed by atoms with van der Waals surface area (Å²) in [5, 5.41) is 12.9. The summed E-state index contributed by atoms with van der Waals surface area (Å²) >= 11 is 0. The minimum atomic E-state index is 0.131. The average molecular weight is 304 g/mol. The number of hydrogen-bond acceptors (Lipinski definition) is 6. The van der Waals surface area contributed by atoms with Crippen molar-refractivity contribution in [1.82, 2.24) is 15.0 Å². The highest BCUT2D eigenvalue weighted by Gasteiger charge is 2.14. The molecule has 112 valence electrons. The molecule has 2 aromatic heterocycles. The van der Waals surface area contributed by atoms with E-state index in [1.807, 2.05) is 36.4 Å². The Hall–Kier alpha value is -3.41. The first-order valence-electron chi connectivity index (χ1n) is 7.03. The smallest absolute Gasteiger partial charge is 0.252 e. The van der Waals surface area contributed by atoms with E-state index in [4.69, 9.17) is 4.42 Å². The number of fused-ring (bicyclic) bond motifs is 1. The number of para-hydroxylation sites is 2. The molecule has 0 bridgehead atoms. The summed E-state index contributed by atoms with van der Waals surface area (Å²) in [7, 11) is 0. The van der Waals surface area contributed by atoms with E-state index in [9.17, 15) is 5.11 Å². The molecule has 4 aromatic rings. The molecule has 0 unspecified atom stereocenters. The number of benzene rings is 2. The normalized spacial score (nSPS) is 10.8. The Morgan fingerprint density at radius 3 is 2.52 bits per heavy atom. The fourth-order valence-electron chi connectivity index (χ4n) is 2.26. The van der Waals surface area contributed by atoms with Crippen molar-refractivity contribution in [3.8, 4) is 17.2 Å². The van der Waals surface area contributed by atoms with Gasteiger partial charge in [0.2, 0.25) is 5.89 Å².